The Morgan fingerprint density at radius 3 is 2.74 bits per heavy atom. The number of rotatable bonds is 2. The first-order chi connectivity index (χ1) is 8.90. The molecule has 1 heterocycles. The summed E-state index contributed by atoms with van der Waals surface area (Å²) in [5, 5.41) is 20.7. The van der Waals surface area contributed by atoms with Gasteiger partial charge >= 0.3 is 5.69 Å². The van der Waals surface area contributed by atoms with E-state index in [-0.39, 0.29) is 18.2 Å². The van der Waals surface area contributed by atoms with Crippen molar-refractivity contribution in [3.05, 3.63) is 33.9 Å². The molecule has 1 aliphatic rings. The molecule has 1 saturated heterocycles. The maximum absolute atomic E-state index is 13.5. The van der Waals surface area contributed by atoms with Gasteiger partial charge < -0.3 is 10.0 Å². The fraction of sp³-hybridized carbons (Fsp3) is 0.500. The Morgan fingerprint density at radius 2 is 2.16 bits per heavy atom. The molecule has 19 heavy (non-hydrogen) atoms. The fourth-order valence-electron chi connectivity index (χ4n) is 2.24. The highest BCUT2D eigenvalue weighted by Crippen LogP contribution is 2.34. The number of β-amino-alcohol motifs (C(OH)–C–C–N with tert-alkyl or cyclic N) is 1. The smallest absolute Gasteiger partial charge is 0.328 e. The number of nitro groups is 1. The molecule has 7 heteroatoms. The van der Waals surface area contributed by atoms with Crippen molar-refractivity contribution < 1.29 is 18.8 Å². The summed E-state index contributed by atoms with van der Waals surface area (Å²) in [5.74, 6) is -2.01. The van der Waals surface area contributed by atoms with Gasteiger partial charge in [-0.3, -0.25) is 10.1 Å². The fourth-order valence-corrected chi connectivity index (χ4v) is 2.24. The van der Waals surface area contributed by atoms with Crippen molar-refractivity contribution in [1.29, 1.82) is 0 Å². The predicted octanol–water partition coefficient (Wildman–Crippen LogP) is 2.08. The van der Waals surface area contributed by atoms with Crippen molar-refractivity contribution in [1.82, 2.24) is 0 Å². The first-order valence-electron chi connectivity index (χ1n) is 5.96. The molecular formula is C12H14F2N2O3. The largest absolute Gasteiger partial charge is 0.391 e. The molecule has 0 bridgehead atoms. The van der Waals surface area contributed by atoms with Crippen molar-refractivity contribution in [3.8, 4) is 0 Å². The monoisotopic (exact) mass is 272 g/mol. The van der Waals surface area contributed by atoms with E-state index in [0.29, 0.717) is 19.0 Å². The number of anilines is 1. The summed E-state index contributed by atoms with van der Waals surface area (Å²) in [7, 11) is 0. The van der Waals surface area contributed by atoms with Crippen LogP contribution in [-0.2, 0) is 0 Å². The van der Waals surface area contributed by atoms with Crippen LogP contribution in [0.5, 0.6) is 0 Å². The van der Waals surface area contributed by atoms with E-state index in [0.717, 1.165) is 6.07 Å². The van der Waals surface area contributed by atoms with Crippen molar-refractivity contribution in [3.63, 3.8) is 0 Å². The lowest BCUT2D eigenvalue weighted by atomic mass is 9.95. The van der Waals surface area contributed by atoms with E-state index in [1.807, 2.05) is 6.92 Å². The van der Waals surface area contributed by atoms with Crippen LogP contribution in [0.1, 0.15) is 13.3 Å². The van der Waals surface area contributed by atoms with Crippen LogP contribution in [0.3, 0.4) is 0 Å². The van der Waals surface area contributed by atoms with Crippen LogP contribution in [-0.4, -0.2) is 29.2 Å². The topological polar surface area (TPSA) is 66.6 Å². The second kappa shape index (κ2) is 5.08. The molecule has 0 aromatic heterocycles. The summed E-state index contributed by atoms with van der Waals surface area (Å²) in [5.41, 5.74) is -0.864. The van der Waals surface area contributed by atoms with E-state index < -0.39 is 28.3 Å². The predicted molar refractivity (Wildman–Crippen MR) is 65.0 cm³/mol. The minimum Gasteiger partial charge on any atom is -0.391 e. The third-order valence-electron chi connectivity index (χ3n) is 3.45. The molecule has 2 unspecified atom stereocenters. The Hall–Kier alpha value is -1.76. The van der Waals surface area contributed by atoms with Gasteiger partial charge in [-0.15, -0.1) is 0 Å². The lowest BCUT2D eigenvalue weighted by molar-refractivity contribution is -0.386. The number of benzene rings is 1. The number of aliphatic hydroxyl groups excluding tert-OH is 1. The van der Waals surface area contributed by atoms with Crippen LogP contribution in [0, 0.1) is 27.7 Å². The van der Waals surface area contributed by atoms with Crippen LogP contribution >= 0.6 is 0 Å². The van der Waals surface area contributed by atoms with Gasteiger partial charge in [-0.05, 0) is 12.3 Å². The molecule has 2 rings (SSSR count). The first-order valence-corrected chi connectivity index (χ1v) is 5.96. The highest BCUT2D eigenvalue weighted by molar-refractivity contribution is 5.64. The average molecular weight is 272 g/mol. The van der Waals surface area contributed by atoms with Crippen LogP contribution in [0.2, 0.25) is 0 Å². The Balaban J connectivity index is 2.41. The normalized spacial score (nSPS) is 23.5. The van der Waals surface area contributed by atoms with E-state index >= 15 is 0 Å². The second-order valence-electron chi connectivity index (χ2n) is 4.79. The highest BCUT2D eigenvalue weighted by atomic mass is 19.1. The van der Waals surface area contributed by atoms with Gasteiger partial charge in [-0.2, -0.15) is 4.39 Å². The lowest BCUT2D eigenvalue weighted by Crippen LogP contribution is -2.43. The van der Waals surface area contributed by atoms with Crippen molar-refractivity contribution in [2.75, 3.05) is 18.0 Å². The molecule has 1 aromatic carbocycles. The van der Waals surface area contributed by atoms with Crippen LogP contribution < -0.4 is 4.90 Å². The van der Waals surface area contributed by atoms with E-state index in [2.05, 4.69) is 0 Å². The molecule has 5 nitrogen and oxygen atoms in total. The molecule has 104 valence electrons. The van der Waals surface area contributed by atoms with Gasteiger partial charge in [0, 0.05) is 25.2 Å². The third-order valence-corrected chi connectivity index (χ3v) is 3.45. The number of hydrogen-bond acceptors (Lipinski definition) is 4. The SMILES string of the molecule is CC1CCN(c2cc(F)cc(F)c2[N+](=O)[O-])CC1O. The Kier molecular flexibility index (Phi) is 3.66. The highest BCUT2D eigenvalue weighted by Gasteiger charge is 2.31. The maximum atomic E-state index is 13.5. The number of halogens is 2. The lowest BCUT2D eigenvalue weighted by Gasteiger charge is -2.35. The molecular weight excluding hydrogens is 258 g/mol. The number of nitrogens with zero attached hydrogens (tertiary/aromatic N) is 2. The number of nitro benzene ring substituents is 1. The molecule has 0 spiro atoms. The molecule has 0 aliphatic carbocycles. The molecule has 0 saturated carbocycles. The second-order valence-corrected chi connectivity index (χ2v) is 4.79. The van der Waals surface area contributed by atoms with Crippen LogP contribution in [0.4, 0.5) is 20.2 Å². The zero-order valence-electron chi connectivity index (χ0n) is 10.3. The first kappa shape index (κ1) is 13.7. The van der Waals surface area contributed by atoms with Crippen LogP contribution in [0.15, 0.2) is 12.1 Å². The van der Waals surface area contributed by atoms with Gasteiger partial charge in [0.2, 0.25) is 5.82 Å². The summed E-state index contributed by atoms with van der Waals surface area (Å²) in [6, 6.07) is 1.43. The molecule has 1 aliphatic heterocycles. The van der Waals surface area contributed by atoms with Crippen molar-refractivity contribution in [2.45, 2.75) is 19.4 Å². The van der Waals surface area contributed by atoms with Gasteiger partial charge in [0.25, 0.3) is 0 Å². The zero-order valence-corrected chi connectivity index (χ0v) is 10.3. The van der Waals surface area contributed by atoms with E-state index in [1.54, 1.807) is 0 Å². The van der Waals surface area contributed by atoms with E-state index in [9.17, 15) is 24.0 Å². The molecule has 0 amide bonds. The molecule has 0 radical (unpaired) electrons. The number of piperidine rings is 1. The minimum absolute atomic E-state index is 0.0636. The van der Waals surface area contributed by atoms with Crippen molar-refractivity contribution in [2.24, 2.45) is 5.92 Å². The van der Waals surface area contributed by atoms with Gasteiger partial charge in [-0.25, -0.2) is 4.39 Å². The summed E-state index contributed by atoms with van der Waals surface area (Å²) < 4.78 is 26.8. The van der Waals surface area contributed by atoms with Gasteiger partial charge in [0.05, 0.1) is 11.0 Å². The summed E-state index contributed by atoms with van der Waals surface area (Å²) >= 11 is 0. The summed E-state index contributed by atoms with van der Waals surface area (Å²) in [6.07, 6.45) is -0.0594. The number of aliphatic hydroxyl groups is 1. The molecule has 1 fully saturated rings. The molecule has 2 atom stereocenters. The Morgan fingerprint density at radius 1 is 1.47 bits per heavy atom. The van der Waals surface area contributed by atoms with E-state index in [4.69, 9.17) is 0 Å². The van der Waals surface area contributed by atoms with Crippen LogP contribution in [0.25, 0.3) is 0 Å². The molecule has 1 N–H and O–H groups in total. The third kappa shape index (κ3) is 2.65. The summed E-state index contributed by atoms with van der Waals surface area (Å²) in [4.78, 5) is 11.5. The average Bonchev–Trinajstić information content (AvgIpc) is 2.31. The van der Waals surface area contributed by atoms with Gasteiger partial charge in [0.15, 0.2) is 0 Å². The Labute approximate surface area is 108 Å². The standard InChI is InChI=1S/C12H14F2N2O3/c1-7-2-3-15(6-11(7)17)10-5-8(13)4-9(14)12(10)16(18)19/h4-5,7,11,17H,2-3,6H2,1H3. The molecule has 1 aromatic rings. The van der Waals surface area contributed by atoms with Gasteiger partial charge in [-0.1, -0.05) is 6.92 Å². The number of hydrogen-bond donors (Lipinski definition) is 1. The zero-order chi connectivity index (χ0) is 14.2. The maximum Gasteiger partial charge on any atom is 0.328 e. The van der Waals surface area contributed by atoms with Crippen molar-refractivity contribution >= 4 is 11.4 Å². The Bertz CT molecular complexity index is 510. The quantitative estimate of drug-likeness (QED) is 0.661. The van der Waals surface area contributed by atoms with Gasteiger partial charge in [0.1, 0.15) is 11.5 Å². The van der Waals surface area contributed by atoms with E-state index in [1.165, 1.54) is 4.90 Å². The summed E-state index contributed by atoms with van der Waals surface area (Å²) in [6.45, 7) is 2.41. The minimum atomic E-state index is -1.20.